The summed E-state index contributed by atoms with van der Waals surface area (Å²) < 4.78 is 32.5. The molecule has 0 fully saturated rings. The van der Waals surface area contributed by atoms with Gasteiger partial charge >= 0.3 is 5.97 Å². The van der Waals surface area contributed by atoms with Gasteiger partial charge in [-0.15, -0.1) is 0 Å². The fourth-order valence-electron chi connectivity index (χ4n) is 3.01. The largest absolute Gasteiger partial charge is 0.462 e. The minimum absolute atomic E-state index is 0.0327. The summed E-state index contributed by atoms with van der Waals surface area (Å²) in [5, 5.41) is 2.65. The van der Waals surface area contributed by atoms with Crippen molar-refractivity contribution in [1.82, 2.24) is 15.0 Å². The number of ether oxygens (including phenoxy) is 1. The zero-order valence-electron chi connectivity index (χ0n) is 17.3. The highest BCUT2D eigenvalue weighted by atomic mass is 32.2. The highest BCUT2D eigenvalue weighted by Gasteiger charge is 2.23. The van der Waals surface area contributed by atoms with Crippen LogP contribution in [0.3, 0.4) is 0 Å². The van der Waals surface area contributed by atoms with Gasteiger partial charge in [-0.05, 0) is 57.4 Å². The van der Waals surface area contributed by atoms with E-state index in [0.29, 0.717) is 22.4 Å². The van der Waals surface area contributed by atoms with Gasteiger partial charge in [0.1, 0.15) is 5.69 Å². The smallest absolute Gasteiger partial charge is 0.340 e. The van der Waals surface area contributed by atoms with Gasteiger partial charge in [-0.25, -0.2) is 17.9 Å². The van der Waals surface area contributed by atoms with Gasteiger partial charge in [0, 0.05) is 18.8 Å². The Hall–Kier alpha value is -2.65. The molecule has 0 saturated carbocycles. The van der Waals surface area contributed by atoms with Crippen molar-refractivity contribution in [2.75, 3.05) is 19.7 Å². The first-order valence-electron chi connectivity index (χ1n) is 9.29. The van der Waals surface area contributed by atoms with Crippen LogP contribution >= 0.6 is 0 Å². The Kier molecular flexibility index (Phi) is 7.21. The Bertz CT molecular complexity index is 1020. The van der Waals surface area contributed by atoms with Gasteiger partial charge < -0.3 is 15.0 Å². The molecule has 0 atom stereocenters. The molecule has 0 bridgehead atoms. The molecule has 3 N–H and O–H groups in total. The standard InChI is InChI=1S/C20H27N3O5S/c1-6-28-20(25)17-14(4)18(23-15(17)5)19(24)21-9-10-22-29(26,27)16-11-12(2)7-8-13(16)3/h7-8,11,22-23H,6,9-10H2,1-5H3,(H,21,24). The summed E-state index contributed by atoms with van der Waals surface area (Å²) in [6.45, 7) is 8.98. The molecule has 8 nitrogen and oxygen atoms in total. The van der Waals surface area contributed by atoms with Crippen LogP contribution < -0.4 is 10.0 Å². The minimum atomic E-state index is -3.67. The number of hydrogen-bond acceptors (Lipinski definition) is 5. The number of nitrogens with one attached hydrogen (secondary N) is 3. The topological polar surface area (TPSA) is 117 Å². The van der Waals surface area contributed by atoms with Crippen molar-refractivity contribution in [2.24, 2.45) is 0 Å². The normalized spacial score (nSPS) is 11.3. The summed E-state index contributed by atoms with van der Waals surface area (Å²) in [7, 11) is -3.67. The molecule has 1 amide bonds. The first kappa shape index (κ1) is 22.6. The summed E-state index contributed by atoms with van der Waals surface area (Å²) in [5.74, 6) is -0.911. The van der Waals surface area contributed by atoms with Crippen LogP contribution in [0.25, 0.3) is 0 Å². The van der Waals surface area contributed by atoms with Crippen LogP contribution in [0.2, 0.25) is 0 Å². The average molecular weight is 422 g/mol. The van der Waals surface area contributed by atoms with Gasteiger partial charge in [-0.1, -0.05) is 12.1 Å². The number of H-pyrrole nitrogens is 1. The van der Waals surface area contributed by atoms with Crippen molar-refractivity contribution in [2.45, 2.75) is 39.5 Å². The number of aromatic amines is 1. The van der Waals surface area contributed by atoms with Crippen LogP contribution in [0, 0.1) is 27.7 Å². The molecule has 0 saturated heterocycles. The van der Waals surface area contributed by atoms with Crippen molar-refractivity contribution >= 4 is 21.9 Å². The van der Waals surface area contributed by atoms with E-state index in [1.807, 2.05) is 13.0 Å². The number of amides is 1. The van der Waals surface area contributed by atoms with Crippen molar-refractivity contribution in [3.05, 3.63) is 51.8 Å². The Morgan fingerprint density at radius 2 is 1.79 bits per heavy atom. The summed E-state index contributed by atoms with van der Waals surface area (Å²) in [6.07, 6.45) is 0. The number of sulfonamides is 1. The van der Waals surface area contributed by atoms with Gasteiger partial charge in [-0.3, -0.25) is 4.79 Å². The van der Waals surface area contributed by atoms with Crippen molar-refractivity contribution < 1.29 is 22.7 Å². The Morgan fingerprint density at radius 1 is 1.10 bits per heavy atom. The molecule has 29 heavy (non-hydrogen) atoms. The second kappa shape index (κ2) is 9.23. The summed E-state index contributed by atoms with van der Waals surface area (Å²) in [4.78, 5) is 27.6. The second-order valence-electron chi connectivity index (χ2n) is 6.77. The number of hydrogen-bond donors (Lipinski definition) is 3. The van der Waals surface area contributed by atoms with Crippen LogP contribution in [0.15, 0.2) is 23.1 Å². The number of carbonyl (C=O) groups excluding carboxylic acids is 2. The molecular weight excluding hydrogens is 394 g/mol. The Labute approximate surface area is 171 Å². The van der Waals surface area contributed by atoms with E-state index in [-0.39, 0.29) is 30.3 Å². The quantitative estimate of drug-likeness (QED) is 0.446. The van der Waals surface area contributed by atoms with Gasteiger partial charge in [0.25, 0.3) is 5.91 Å². The third-order valence-corrected chi connectivity index (χ3v) is 6.08. The molecule has 0 aliphatic rings. The van der Waals surface area contributed by atoms with E-state index in [0.717, 1.165) is 5.56 Å². The van der Waals surface area contributed by atoms with Crippen molar-refractivity contribution in [3.63, 3.8) is 0 Å². The SMILES string of the molecule is CCOC(=O)c1c(C)[nH]c(C(=O)NCCNS(=O)(=O)c2cc(C)ccc2C)c1C. The molecule has 2 aromatic rings. The lowest BCUT2D eigenvalue weighted by molar-refractivity contribution is 0.0525. The van der Waals surface area contributed by atoms with E-state index in [2.05, 4.69) is 15.0 Å². The van der Waals surface area contributed by atoms with E-state index >= 15 is 0 Å². The van der Waals surface area contributed by atoms with Crippen LogP contribution in [0.4, 0.5) is 0 Å². The van der Waals surface area contributed by atoms with Crippen molar-refractivity contribution in [3.8, 4) is 0 Å². The van der Waals surface area contributed by atoms with Gasteiger partial charge in [-0.2, -0.15) is 0 Å². The lowest BCUT2D eigenvalue weighted by atomic mass is 10.1. The Morgan fingerprint density at radius 3 is 2.45 bits per heavy atom. The molecule has 0 aliphatic carbocycles. The third-order valence-electron chi connectivity index (χ3n) is 4.48. The van der Waals surface area contributed by atoms with E-state index in [1.165, 1.54) is 0 Å². The monoisotopic (exact) mass is 421 g/mol. The van der Waals surface area contributed by atoms with E-state index < -0.39 is 21.9 Å². The number of aryl methyl sites for hydroxylation is 3. The highest BCUT2D eigenvalue weighted by Crippen LogP contribution is 2.19. The van der Waals surface area contributed by atoms with Crippen LogP contribution in [0.5, 0.6) is 0 Å². The number of esters is 1. The van der Waals surface area contributed by atoms with Crippen LogP contribution in [0.1, 0.15) is 50.2 Å². The first-order chi connectivity index (χ1) is 13.6. The predicted molar refractivity (Wildman–Crippen MR) is 110 cm³/mol. The number of rotatable bonds is 8. The molecule has 158 valence electrons. The summed E-state index contributed by atoms with van der Waals surface area (Å²) >= 11 is 0. The average Bonchev–Trinajstić information content (AvgIpc) is 2.95. The number of benzene rings is 1. The van der Waals surface area contributed by atoms with E-state index in [9.17, 15) is 18.0 Å². The zero-order valence-corrected chi connectivity index (χ0v) is 18.1. The minimum Gasteiger partial charge on any atom is -0.462 e. The molecule has 9 heteroatoms. The van der Waals surface area contributed by atoms with Crippen LogP contribution in [-0.4, -0.2) is 45.0 Å². The number of carbonyl (C=O) groups is 2. The van der Waals surface area contributed by atoms with E-state index in [1.54, 1.807) is 39.8 Å². The summed E-state index contributed by atoms with van der Waals surface area (Å²) in [6, 6.07) is 5.21. The molecular formula is C20H27N3O5S. The Balaban J connectivity index is 1.99. The van der Waals surface area contributed by atoms with Gasteiger partial charge in [0.05, 0.1) is 17.1 Å². The molecule has 1 aromatic heterocycles. The molecule has 2 rings (SSSR count). The van der Waals surface area contributed by atoms with E-state index in [4.69, 9.17) is 4.74 Å². The second-order valence-corrected chi connectivity index (χ2v) is 8.50. The maximum absolute atomic E-state index is 12.5. The molecule has 0 spiro atoms. The third kappa shape index (κ3) is 5.24. The van der Waals surface area contributed by atoms with Gasteiger partial charge in [0.2, 0.25) is 10.0 Å². The molecule has 0 radical (unpaired) electrons. The number of aromatic nitrogens is 1. The first-order valence-corrected chi connectivity index (χ1v) is 10.8. The maximum atomic E-state index is 12.5. The predicted octanol–water partition coefficient (Wildman–Crippen LogP) is 2.13. The molecule has 1 heterocycles. The fourth-order valence-corrected chi connectivity index (χ4v) is 4.37. The van der Waals surface area contributed by atoms with Gasteiger partial charge in [0.15, 0.2) is 0 Å². The molecule has 0 aliphatic heterocycles. The summed E-state index contributed by atoms with van der Waals surface area (Å²) in [5.41, 5.74) is 3.13. The van der Waals surface area contributed by atoms with Crippen molar-refractivity contribution in [1.29, 1.82) is 0 Å². The molecule has 0 unspecified atom stereocenters. The maximum Gasteiger partial charge on any atom is 0.340 e. The molecule has 1 aromatic carbocycles. The fraction of sp³-hybridized carbons (Fsp3) is 0.400. The lowest BCUT2D eigenvalue weighted by Gasteiger charge is -2.11. The zero-order chi connectivity index (χ0) is 21.8. The van der Waals surface area contributed by atoms with Crippen LogP contribution in [-0.2, 0) is 14.8 Å². The highest BCUT2D eigenvalue weighted by molar-refractivity contribution is 7.89. The lowest BCUT2D eigenvalue weighted by Crippen LogP contribution is -2.35.